The average Bonchev–Trinajstić information content (AvgIpc) is 3.45. The van der Waals surface area contributed by atoms with E-state index in [1.54, 1.807) is 6.20 Å². The van der Waals surface area contributed by atoms with E-state index in [2.05, 4.69) is 41.4 Å². The summed E-state index contributed by atoms with van der Waals surface area (Å²) in [7, 11) is 0. The first kappa shape index (κ1) is 16.7. The summed E-state index contributed by atoms with van der Waals surface area (Å²) in [5.74, 6) is 1.73. The molecule has 7 heteroatoms. The van der Waals surface area contributed by atoms with Crippen molar-refractivity contribution in [1.82, 2.24) is 25.1 Å². The molecule has 2 N–H and O–H groups in total. The molecular weight excluding hydrogens is 350 g/mol. The van der Waals surface area contributed by atoms with Crippen LogP contribution in [0, 0.1) is 0 Å². The van der Waals surface area contributed by atoms with E-state index in [0.717, 1.165) is 52.7 Å². The number of nitrogens with one attached hydrogen (secondary N) is 2. The zero-order chi connectivity index (χ0) is 18.8. The number of rotatable bonds is 5. The third kappa shape index (κ3) is 3.26. The van der Waals surface area contributed by atoms with Crippen LogP contribution in [0.5, 0.6) is 0 Å². The molecule has 0 aromatic carbocycles. The van der Waals surface area contributed by atoms with Gasteiger partial charge in [0.2, 0.25) is 0 Å². The standard InChI is InChI=1S/C21H21N7/c1-2-9-22-15(5-1)14-24-19-13-17(16-8-10-23-21(16)25-19)18-6-7-20(27-26-18)28-11-3-4-12-28/h1-2,5-10,13H,3-4,11-12,14H2,(H2,23,24,25). The zero-order valence-electron chi connectivity index (χ0n) is 15.5. The average molecular weight is 371 g/mol. The molecule has 1 aliphatic heterocycles. The summed E-state index contributed by atoms with van der Waals surface area (Å²) in [5, 5.41) is 13.4. The summed E-state index contributed by atoms with van der Waals surface area (Å²) in [6.07, 6.45) is 6.14. The molecule has 0 bridgehead atoms. The molecule has 0 spiro atoms. The second-order valence-corrected chi connectivity index (χ2v) is 6.94. The highest BCUT2D eigenvalue weighted by atomic mass is 15.3. The number of H-pyrrole nitrogens is 1. The van der Waals surface area contributed by atoms with E-state index in [4.69, 9.17) is 0 Å². The fraction of sp³-hybridized carbons (Fsp3) is 0.238. The third-order valence-electron chi connectivity index (χ3n) is 5.06. The molecular formula is C21H21N7. The van der Waals surface area contributed by atoms with Crippen LogP contribution in [0.25, 0.3) is 22.3 Å². The van der Waals surface area contributed by atoms with Crippen molar-refractivity contribution in [3.05, 3.63) is 60.6 Å². The minimum Gasteiger partial charge on any atom is -0.364 e. The van der Waals surface area contributed by atoms with E-state index in [1.165, 1.54) is 12.8 Å². The molecule has 0 saturated carbocycles. The maximum atomic E-state index is 4.67. The number of nitrogens with zero attached hydrogens (tertiary/aromatic N) is 5. The van der Waals surface area contributed by atoms with Crippen molar-refractivity contribution in [1.29, 1.82) is 0 Å². The Morgan fingerprint density at radius 2 is 1.96 bits per heavy atom. The molecule has 0 atom stereocenters. The monoisotopic (exact) mass is 371 g/mol. The minimum absolute atomic E-state index is 0.610. The number of aromatic amines is 1. The summed E-state index contributed by atoms with van der Waals surface area (Å²) < 4.78 is 0. The Hall–Kier alpha value is -3.48. The van der Waals surface area contributed by atoms with Gasteiger partial charge in [0.15, 0.2) is 5.82 Å². The van der Waals surface area contributed by atoms with Crippen molar-refractivity contribution in [3.63, 3.8) is 0 Å². The van der Waals surface area contributed by atoms with Gasteiger partial charge in [-0.15, -0.1) is 10.2 Å². The number of pyridine rings is 2. The summed E-state index contributed by atoms with van der Waals surface area (Å²) in [4.78, 5) is 14.5. The molecule has 7 nitrogen and oxygen atoms in total. The number of anilines is 2. The fourth-order valence-electron chi connectivity index (χ4n) is 3.61. The van der Waals surface area contributed by atoms with Gasteiger partial charge >= 0.3 is 0 Å². The predicted octanol–water partition coefficient (Wildman–Crippen LogP) is 3.63. The lowest BCUT2D eigenvalue weighted by Crippen LogP contribution is -2.19. The van der Waals surface area contributed by atoms with E-state index >= 15 is 0 Å². The van der Waals surface area contributed by atoms with E-state index < -0.39 is 0 Å². The topological polar surface area (TPSA) is 82.6 Å². The summed E-state index contributed by atoms with van der Waals surface area (Å²) in [5.41, 5.74) is 3.64. The van der Waals surface area contributed by atoms with Crippen LogP contribution >= 0.6 is 0 Å². The van der Waals surface area contributed by atoms with Crippen LogP contribution in [0.2, 0.25) is 0 Å². The molecule has 0 aliphatic carbocycles. The van der Waals surface area contributed by atoms with Gasteiger partial charge in [0.1, 0.15) is 11.5 Å². The highest BCUT2D eigenvalue weighted by Crippen LogP contribution is 2.29. The second-order valence-electron chi connectivity index (χ2n) is 6.94. The zero-order valence-corrected chi connectivity index (χ0v) is 15.5. The van der Waals surface area contributed by atoms with Crippen molar-refractivity contribution < 1.29 is 0 Å². The summed E-state index contributed by atoms with van der Waals surface area (Å²) in [6, 6.07) is 14.0. The van der Waals surface area contributed by atoms with E-state index in [0.29, 0.717) is 6.54 Å². The normalized spacial score (nSPS) is 13.9. The Morgan fingerprint density at radius 1 is 1.04 bits per heavy atom. The van der Waals surface area contributed by atoms with Crippen LogP contribution in [0.4, 0.5) is 11.6 Å². The molecule has 0 amide bonds. The van der Waals surface area contributed by atoms with Gasteiger partial charge in [-0.05, 0) is 49.2 Å². The van der Waals surface area contributed by atoms with Crippen LogP contribution < -0.4 is 10.2 Å². The largest absolute Gasteiger partial charge is 0.364 e. The molecule has 28 heavy (non-hydrogen) atoms. The Morgan fingerprint density at radius 3 is 2.75 bits per heavy atom. The minimum atomic E-state index is 0.610. The number of fused-ring (bicyclic) bond motifs is 1. The van der Waals surface area contributed by atoms with E-state index in [1.807, 2.05) is 42.6 Å². The van der Waals surface area contributed by atoms with Gasteiger partial charge in [0.05, 0.1) is 17.9 Å². The van der Waals surface area contributed by atoms with Crippen LogP contribution in [-0.4, -0.2) is 38.2 Å². The lowest BCUT2D eigenvalue weighted by molar-refractivity contribution is 0.896. The van der Waals surface area contributed by atoms with Gasteiger partial charge in [0.25, 0.3) is 0 Å². The van der Waals surface area contributed by atoms with Gasteiger partial charge in [-0.3, -0.25) is 4.98 Å². The summed E-state index contributed by atoms with van der Waals surface area (Å²) in [6.45, 7) is 2.74. The van der Waals surface area contributed by atoms with Gasteiger partial charge < -0.3 is 15.2 Å². The lowest BCUT2D eigenvalue weighted by Gasteiger charge is -2.15. The highest BCUT2D eigenvalue weighted by Gasteiger charge is 2.15. The smallest absolute Gasteiger partial charge is 0.151 e. The molecule has 1 aliphatic rings. The molecule has 4 aromatic rings. The Balaban J connectivity index is 1.45. The number of aromatic nitrogens is 5. The first-order chi connectivity index (χ1) is 13.9. The Bertz CT molecular complexity index is 1070. The number of hydrogen-bond acceptors (Lipinski definition) is 6. The van der Waals surface area contributed by atoms with Crippen molar-refractivity contribution in [2.75, 3.05) is 23.3 Å². The quantitative estimate of drug-likeness (QED) is 0.557. The van der Waals surface area contributed by atoms with Crippen LogP contribution in [0.3, 0.4) is 0 Å². The van der Waals surface area contributed by atoms with Crippen LogP contribution in [0.15, 0.2) is 54.9 Å². The first-order valence-electron chi connectivity index (χ1n) is 9.58. The van der Waals surface area contributed by atoms with Crippen LogP contribution in [-0.2, 0) is 6.54 Å². The van der Waals surface area contributed by atoms with Gasteiger partial charge in [-0.25, -0.2) is 4.98 Å². The molecule has 0 unspecified atom stereocenters. The van der Waals surface area contributed by atoms with Gasteiger partial charge in [-0.1, -0.05) is 6.07 Å². The Labute approximate surface area is 162 Å². The molecule has 1 saturated heterocycles. The summed E-state index contributed by atoms with van der Waals surface area (Å²) >= 11 is 0. The maximum absolute atomic E-state index is 4.67. The molecule has 0 radical (unpaired) electrons. The van der Waals surface area contributed by atoms with Crippen molar-refractivity contribution in [2.24, 2.45) is 0 Å². The molecule has 5 rings (SSSR count). The number of hydrogen-bond donors (Lipinski definition) is 2. The molecule has 4 aromatic heterocycles. The van der Waals surface area contributed by atoms with E-state index in [9.17, 15) is 0 Å². The molecule has 5 heterocycles. The molecule has 1 fully saturated rings. The lowest BCUT2D eigenvalue weighted by atomic mass is 10.1. The van der Waals surface area contributed by atoms with Gasteiger partial charge in [-0.2, -0.15) is 0 Å². The van der Waals surface area contributed by atoms with Crippen molar-refractivity contribution in [2.45, 2.75) is 19.4 Å². The molecule has 140 valence electrons. The highest BCUT2D eigenvalue weighted by molar-refractivity contribution is 5.93. The fourth-order valence-corrected chi connectivity index (χ4v) is 3.61. The van der Waals surface area contributed by atoms with Crippen LogP contribution in [0.1, 0.15) is 18.5 Å². The SMILES string of the molecule is c1ccc(CNc2cc(-c3ccc(N4CCCC4)nn3)c3cc[nH]c3n2)nc1. The third-order valence-corrected chi connectivity index (χ3v) is 5.06. The first-order valence-corrected chi connectivity index (χ1v) is 9.58. The second kappa shape index (κ2) is 7.26. The Kier molecular flexibility index (Phi) is 4.33. The van der Waals surface area contributed by atoms with Crippen molar-refractivity contribution >= 4 is 22.7 Å². The maximum Gasteiger partial charge on any atom is 0.151 e. The van der Waals surface area contributed by atoms with Crippen molar-refractivity contribution in [3.8, 4) is 11.3 Å². The van der Waals surface area contributed by atoms with Gasteiger partial charge in [0, 0.05) is 36.4 Å². The predicted molar refractivity (Wildman–Crippen MR) is 110 cm³/mol. The van der Waals surface area contributed by atoms with E-state index in [-0.39, 0.29) is 0 Å².